The second kappa shape index (κ2) is 12.1. The van der Waals surface area contributed by atoms with Gasteiger partial charge in [-0.05, 0) is 67.0 Å². The average Bonchev–Trinajstić information content (AvgIpc) is 3.14. The van der Waals surface area contributed by atoms with Crippen LogP contribution in [0.5, 0.6) is 0 Å². The highest BCUT2D eigenvalue weighted by Gasteiger charge is 2.34. The van der Waals surface area contributed by atoms with Gasteiger partial charge in [0.05, 0.1) is 17.5 Å². The Hall–Kier alpha value is -2.54. The molecule has 0 aliphatic rings. The molecule has 0 radical (unpaired) electrons. The number of alkyl halides is 3. The average molecular weight is 532 g/mol. The van der Waals surface area contributed by atoms with Gasteiger partial charge in [-0.25, -0.2) is 0 Å². The third-order valence-electron chi connectivity index (χ3n) is 7.61. The number of ether oxygens (including phenoxy) is 1. The van der Waals surface area contributed by atoms with E-state index in [2.05, 4.69) is 45.6 Å². The lowest BCUT2D eigenvalue weighted by Gasteiger charge is -2.25. The SMILES string of the molecule is CCCc1cnc(C(C)OC)c(-c2c(CC(C)(C)CC)c3cc(N(C)CCC)ccc3n2CC(F)(F)F)c1. The van der Waals surface area contributed by atoms with Crippen LogP contribution < -0.4 is 4.90 Å². The van der Waals surface area contributed by atoms with Gasteiger partial charge in [0.2, 0.25) is 0 Å². The number of methoxy groups -OCH3 is 1. The Labute approximate surface area is 226 Å². The molecule has 0 saturated heterocycles. The van der Waals surface area contributed by atoms with Crippen molar-refractivity contribution in [2.24, 2.45) is 5.41 Å². The molecule has 2 aromatic heterocycles. The van der Waals surface area contributed by atoms with E-state index in [1.807, 2.05) is 38.4 Å². The van der Waals surface area contributed by atoms with Crippen LogP contribution in [-0.2, 0) is 24.1 Å². The van der Waals surface area contributed by atoms with Gasteiger partial charge >= 0.3 is 6.18 Å². The largest absolute Gasteiger partial charge is 0.406 e. The van der Waals surface area contributed by atoms with Crippen molar-refractivity contribution >= 4 is 16.6 Å². The van der Waals surface area contributed by atoms with E-state index in [1.54, 1.807) is 7.11 Å². The van der Waals surface area contributed by atoms with Gasteiger partial charge in [-0.1, -0.05) is 47.5 Å². The Morgan fingerprint density at radius 2 is 1.79 bits per heavy atom. The van der Waals surface area contributed by atoms with E-state index in [4.69, 9.17) is 9.72 Å². The fourth-order valence-corrected chi connectivity index (χ4v) is 5.12. The third-order valence-corrected chi connectivity index (χ3v) is 7.61. The number of rotatable bonds is 12. The first-order valence-electron chi connectivity index (χ1n) is 13.8. The number of hydrogen-bond donors (Lipinski definition) is 0. The van der Waals surface area contributed by atoms with Crippen LogP contribution in [0.15, 0.2) is 30.5 Å². The highest BCUT2D eigenvalue weighted by molar-refractivity contribution is 5.94. The number of hydrogen-bond acceptors (Lipinski definition) is 3. The Kier molecular flexibility index (Phi) is 9.56. The van der Waals surface area contributed by atoms with Crippen molar-refractivity contribution in [1.29, 1.82) is 0 Å². The van der Waals surface area contributed by atoms with Crippen LogP contribution in [0.2, 0.25) is 0 Å². The molecule has 0 bridgehead atoms. The lowest BCUT2D eigenvalue weighted by molar-refractivity contribution is -0.139. The van der Waals surface area contributed by atoms with Crippen molar-refractivity contribution in [1.82, 2.24) is 9.55 Å². The smallest absolute Gasteiger partial charge is 0.375 e. The molecule has 0 spiro atoms. The second-order valence-corrected chi connectivity index (χ2v) is 11.3. The number of aryl methyl sites for hydroxylation is 1. The molecule has 1 aromatic carbocycles. The van der Waals surface area contributed by atoms with Crippen LogP contribution in [0.4, 0.5) is 18.9 Å². The van der Waals surface area contributed by atoms with Crippen LogP contribution in [-0.4, -0.2) is 36.4 Å². The van der Waals surface area contributed by atoms with E-state index < -0.39 is 12.7 Å². The minimum absolute atomic E-state index is 0.0983. The number of benzene rings is 1. The molecule has 7 heteroatoms. The molecule has 1 unspecified atom stereocenters. The maximum atomic E-state index is 14.1. The van der Waals surface area contributed by atoms with E-state index in [0.717, 1.165) is 60.0 Å². The summed E-state index contributed by atoms with van der Waals surface area (Å²) in [5, 5.41) is 0.878. The van der Waals surface area contributed by atoms with Crippen molar-refractivity contribution in [3.63, 3.8) is 0 Å². The number of pyridine rings is 1. The molecule has 3 aromatic rings. The molecular weight excluding hydrogens is 487 g/mol. The Balaban J connectivity index is 2.49. The maximum Gasteiger partial charge on any atom is 0.406 e. The summed E-state index contributed by atoms with van der Waals surface area (Å²) in [7, 11) is 3.64. The molecule has 0 N–H and O–H groups in total. The first kappa shape index (κ1) is 30.0. The molecule has 4 nitrogen and oxygen atoms in total. The zero-order valence-electron chi connectivity index (χ0n) is 24.3. The van der Waals surface area contributed by atoms with Gasteiger partial charge in [0, 0.05) is 49.1 Å². The predicted octanol–water partition coefficient (Wildman–Crippen LogP) is 8.75. The fourth-order valence-electron chi connectivity index (χ4n) is 5.12. The van der Waals surface area contributed by atoms with Gasteiger partial charge in [-0.2, -0.15) is 13.2 Å². The molecule has 3 rings (SSSR count). The van der Waals surface area contributed by atoms with Crippen LogP contribution in [0.1, 0.15) is 83.7 Å². The maximum absolute atomic E-state index is 14.1. The fraction of sp³-hybridized carbons (Fsp3) is 0.581. The van der Waals surface area contributed by atoms with Gasteiger partial charge in [-0.15, -0.1) is 0 Å². The second-order valence-electron chi connectivity index (χ2n) is 11.3. The molecular formula is C31H44F3N3O. The van der Waals surface area contributed by atoms with E-state index in [1.165, 1.54) is 4.57 Å². The number of anilines is 1. The Bertz CT molecular complexity index is 1230. The van der Waals surface area contributed by atoms with E-state index in [0.29, 0.717) is 23.3 Å². The van der Waals surface area contributed by atoms with Crippen LogP contribution in [0.25, 0.3) is 22.2 Å². The number of fused-ring (bicyclic) bond motifs is 1. The number of nitrogens with zero attached hydrogens (tertiary/aromatic N) is 3. The zero-order valence-corrected chi connectivity index (χ0v) is 24.3. The Morgan fingerprint density at radius 1 is 1.08 bits per heavy atom. The Morgan fingerprint density at radius 3 is 2.37 bits per heavy atom. The quantitative estimate of drug-likeness (QED) is 0.234. The predicted molar refractivity (Wildman–Crippen MR) is 152 cm³/mol. The van der Waals surface area contributed by atoms with Gasteiger partial charge in [0.15, 0.2) is 0 Å². The minimum Gasteiger partial charge on any atom is -0.375 e. The lowest BCUT2D eigenvalue weighted by Crippen LogP contribution is -2.20. The molecule has 0 aliphatic carbocycles. The minimum atomic E-state index is -4.38. The lowest BCUT2D eigenvalue weighted by atomic mass is 9.81. The normalized spacial score (nSPS) is 13.3. The van der Waals surface area contributed by atoms with E-state index in [-0.39, 0.29) is 11.5 Å². The summed E-state index contributed by atoms with van der Waals surface area (Å²) in [6.07, 6.45) is 1.37. The molecule has 0 fully saturated rings. The summed E-state index contributed by atoms with van der Waals surface area (Å²) in [6.45, 7) is 12.4. The van der Waals surface area contributed by atoms with Crippen molar-refractivity contribution in [3.8, 4) is 11.3 Å². The van der Waals surface area contributed by atoms with E-state index in [9.17, 15) is 13.2 Å². The number of aromatic nitrogens is 2. The van der Waals surface area contributed by atoms with Crippen LogP contribution in [0, 0.1) is 5.41 Å². The first-order valence-corrected chi connectivity index (χ1v) is 13.8. The third kappa shape index (κ3) is 6.71. The summed E-state index contributed by atoms with van der Waals surface area (Å²) in [4.78, 5) is 6.92. The monoisotopic (exact) mass is 531 g/mol. The molecule has 1 atom stereocenters. The summed E-state index contributed by atoms with van der Waals surface area (Å²) in [5.41, 5.74) is 5.48. The van der Waals surface area contributed by atoms with Crippen molar-refractivity contribution in [2.45, 2.75) is 92.5 Å². The van der Waals surface area contributed by atoms with Crippen molar-refractivity contribution in [3.05, 3.63) is 47.3 Å². The van der Waals surface area contributed by atoms with Crippen molar-refractivity contribution in [2.75, 3.05) is 25.6 Å². The van der Waals surface area contributed by atoms with Crippen LogP contribution in [0.3, 0.4) is 0 Å². The molecule has 0 aliphatic heterocycles. The van der Waals surface area contributed by atoms with Gasteiger partial charge in [0.1, 0.15) is 6.54 Å². The highest BCUT2D eigenvalue weighted by atomic mass is 19.4. The standard InChI is InChI=1S/C31H44F3N3O/c1-9-12-22-16-25(28(35-19-22)21(4)38-8)29-26(18-30(5,6)11-3)24-17-23(36(7)15-10-2)13-14-27(24)37(29)20-31(32,33)34/h13-14,16-17,19,21H,9-12,15,18,20H2,1-8H3. The summed E-state index contributed by atoms with van der Waals surface area (Å²) in [6, 6.07) is 7.91. The zero-order chi connectivity index (χ0) is 28.3. The number of halogens is 3. The van der Waals surface area contributed by atoms with Gasteiger partial charge in [-0.3, -0.25) is 4.98 Å². The molecule has 0 saturated carbocycles. The topological polar surface area (TPSA) is 30.3 Å². The van der Waals surface area contributed by atoms with Gasteiger partial charge in [0.25, 0.3) is 0 Å². The van der Waals surface area contributed by atoms with Crippen molar-refractivity contribution < 1.29 is 17.9 Å². The summed E-state index contributed by atoms with van der Waals surface area (Å²) in [5.74, 6) is 0. The molecule has 38 heavy (non-hydrogen) atoms. The first-order chi connectivity index (χ1) is 17.9. The van der Waals surface area contributed by atoms with Crippen LogP contribution >= 0.6 is 0 Å². The molecule has 0 amide bonds. The molecule has 2 heterocycles. The summed E-state index contributed by atoms with van der Waals surface area (Å²) < 4.78 is 49.5. The van der Waals surface area contributed by atoms with Gasteiger partial charge < -0.3 is 14.2 Å². The molecule has 210 valence electrons. The summed E-state index contributed by atoms with van der Waals surface area (Å²) >= 11 is 0. The van der Waals surface area contributed by atoms with E-state index >= 15 is 0 Å². The highest BCUT2D eigenvalue weighted by Crippen LogP contribution is 2.43.